The Bertz CT molecular complexity index is 1090. The van der Waals surface area contributed by atoms with Gasteiger partial charge < -0.3 is 10.3 Å². The molecule has 6 heteroatoms. The molecule has 1 unspecified atom stereocenters. The van der Waals surface area contributed by atoms with Gasteiger partial charge in [0.1, 0.15) is 4.90 Å². The number of hydrogen-bond acceptors (Lipinski definition) is 3. The molecule has 28 heavy (non-hydrogen) atoms. The van der Waals surface area contributed by atoms with Crippen molar-refractivity contribution in [2.45, 2.75) is 52.1 Å². The number of benzene rings is 2. The summed E-state index contributed by atoms with van der Waals surface area (Å²) in [7, 11) is -3.74. The van der Waals surface area contributed by atoms with Crippen LogP contribution in [0, 0.1) is 26.7 Å². The monoisotopic (exact) mass is 399 g/mol. The zero-order chi connectivity index (χ0) is 20.6. The van der Waals surface area contributed by atoms with Crippen molar-refractivity contribution in [2.75, 3.05) is 5.73 Å². The van der Waals surface area contributed by atoms with Crippen LogP contribution in [0.2, 0.25) is 0 Å². The second-order valence-corrected chi connectivity index (χ2v) is 9.60. The lowest BCUT2D eigenvalue weighted by molar-refractivity contribution is 0.403. The average molecular weight is 400 g/mol. The third kappa shape index (κ3) is 3.93. The Labute approximate surface area is 167 Å². The molecule has 2 aromatic carbocycles. The molecular weight excluding hydrogens is 370 g/mol. The standard InChI is InChI=1S/C22H29N3O2S/c1-14(2)20(13-25-12-17(5)18-8-6-7-9-21(18)25)24-28(26,27)22-16(4)10-15(3)11-19(22)23/h6-12,14,20,24H,13,23H2,1-5H3. The van der Waals surface area contributed by atoms with Gasteiger partial charge in [0.15, 0.2) is 0 Å². The number of aryl methyl sites for hydroxylation is 3. The largest absolute Gasteiger partial charge is 0.398 e. The van der Waals surface area contributed by atoms with Crippen molar-refractivity contribution < 1.29 is 8.42 Å². The highest BCUT2D eigenvalue weighted by Gasteiger charge is 2.26. The molecule has 3 N–H and O–H groups in total. The highest BCUT2D eigenvalue weighted by atomic mass is 32.2. The molecule has 1 aromatic heterocycles. The van der Waals surface area contributed by atoms with Gasteiger partial charge in [0.2, 0.25) is 10.0 Å². The third-order valence-electron chi connectivity index (χ3n) is 5.21. The van der Waals surface area contributed by atoms with Gasteiger partial charge in [-0.1, -0.05) is 38.1 Å². The first-order chi connectivity index (χ1) is 13.1. The second-order valence-electron chi connectivity index (χ2n) is 7.95. The molecule has 0 aliphatic rings. The first-order valence-corrected chi connectivity index (χ1v) is 11.0. The fraction of sp³-hybridized carbons (Fsp3) is 0.364. The molecule has 3 aromatic rings. The van der Waals surface area contributed by atoms with Gasteiger partial charge in [-0.3, -0.25) is 0 Å². The third-order valence-corrected chi connectivity index (χ3v) is 6.92. The molecule has 1 heterocycles. The summed E-state index contributed by atoms with van der Waals surface area (Å²) in [5.41, 5.74) is 10.3. The van der Waals surface area contributed by atoms with Gasteiger partial charge in [-0.25, -0.2) is 13.1 Å². The summed E-state index contributed by atoms with van der Waals surface area (Å²) < 4.78 is 31.3. The van der Waals surface area contributed by atoms with E-state index in [0.29, 0.717) is 12.1 Å². The van der Waals surface area contributed by atoms with Crippen LogP contribution in [0.25, 0.3) is 10.9 Å². The summed E-state index contributed by atoms with van der Waals surface area (Å²) in [6.07, 6.45) is 2.08. The summed E-state index contributed by atoms with van der Waals surface area (Å²) in [4.78, 5) is 0.178. The van der Waals surface area contributed by atoms with E-state index in [1.165, 1.54) is 10.9 Å². The van der Waals surface area contributed by atoms with Gasteiger partial charge in [0.25, 0.3) is 0 Å². The molecule has 3 rings (SSSR count). The van der Waals surface area contributed by atoms with Crippen LogP contribution in [-0.4, -0.2) is 19.0 Å². The summed E-state index contributed by atoms with van der Waals surface area (Å²) in [5.74, 6) is 0.114. The number of rotatable bonds is 6. The van der Waals surface area contributed by atoms with Gasteiger partial charge >= 0.3 is 0 Å². The SMILES string of the molecule is Cc1cc(C)c(S(=O)(=O)NC(Cn2cc(C)c3ccccc32)C(C)C)c(N)c1. The van der Waals surface area contributed by atoms with Crippen LogP contribution >= 0.6 is 0 Å². The van der Waals surface area contributed by atoms with Crippen LogP contribution in [0.1, 0.15) is 30.5 Å². The van der Waals surface area contributed by atoms with E-state index in [1.54, 1.807) is 13.0 Å². The van der Waals surface area contributed by atoms with Crippen LogP contribution in [0.15, 0.2) is 47.5 Å². The number of nitrogens with two attached hydrogens (primary N) is 1. The number of nitrogens with zero attached hydrogens (tertiary/aromatic N) is 1. The molecular formula is C22H29N3O2S. The van der Waals surface area contributed by atoms with E-state index in [1.807, 2.05) is 39.0 Å². The van der Waals surface area contributed by atoms with Crippen LogP contribution in [-0.2, 0) is 16.6 Å². The van der Waals surface area contributed by atoms with Gasteiger partial charge in [0, 0.05) is 29.7 Å². The fourth-order valence-electron chi connectivity index (χ4n) is 3.79. The molecule has 0 bridgehead atoms. The minimum atomic E-state index is -3.74. The minimum Gasteiger partial charge on any atom is -0.398 e. The number of sulfonamides is 1. The quantitative estimate of drug-likeness (QED) is 0.611. The van der Waals surface area contributed by atoms with E-state index >= 15 is 0 Å². The molecule has 0 radical (unpaired) electrons. The van der Waals surface area contributed by atoms with Crippen molar-refractivity contribution in [3.05, 3.63) is 59.3 Å². The number of fused-ring (bicyclic) bond motifs is 1. The van der Waals surface area contributed by atoms with Crippen molar-refractivity contribution in [3.8, 4) is 0 Å². The Morgan fingerprint density at radius 3 is 2.39 bits per heavy atom. The van der Waals surface area contributed by atoms with E-state index in [0.717, 1.165) is 11.1 Å². The van der Waals surface area contributed by atoms with E-state index in [-0.39, 0.29) is 22.5 Å². The number of nitrogens with one attached hydrogen (secondary N) is 1. The fourth-order valence-corrected chi connectivity index (χ4v) is 5.51. The zero-order valence-corrected chi connectivity index (χ0v) is 18.0. The number of anilines is 1. The number of hydrogen-bond donors (Lipinski definition) is 2. The average Bonchev–Trinajstić information content (AvgIpc) is 2.89. The van der Waals surface area contributed by atoms with E-state index in [9.17, 15) is 8.42 Å². The Morgan fingerprint density at radius 1 is 1.07 bits per heavy atom. The maximum Gasteiger partial charge on any atom is 0.243 e. The molecule has 0 saturated carbocycles. The first kappa shape index (κ1) is 20.4. The lowest BCUT2D eigenvalue weighted by Crippen LogP contribution is -2.41. The molecule has 5 nitrogen and oxygen atoms in total. The van der Waals surface area contributed by atoms with Gasteiger partial charge in [-0.05, 0) is 55.5 Å². The van der Waals surface area contributed by atoms with Crippen molar-refractivity contribution in [3.63, 3.8) is 0 Å². The highest BCUT2D eigenvalue weighted by Crippen LogP contribution is 2.26. The summed E-state index contributed by atoms with van der Waals surface area (Å²) >= 11 is 0. The van der Waals surface area contributed by atoms with Crippen LogP contribution in [0.5, 0.6) is 0 Å². The van der Waals surface area contributed by atoms with E-state index < -0.39 is 10.0 Å². The molecule has 150 valence electrons. The van der Waals surface area contributed by atoms with E-state index in [4.69, 9.17) is 5.73 Å². The van der Waals surface area contributed by atoms with Crippen molar-refractivity contribution >= 4 is 26.6 Å². The Kier molecular flexibility index (Phi) is 5.55. The van der Waals surface area contributed by atoms with E-state index in [2.05, 4.69) is 34.5 Å². The van der Waals surface area contributed by atoms with Gasteiger partial charge in [-0.2, -0.15) is 0 Å². The minimum absolute atomic E-state index is 0.114. The smallest absolute Gasteiger partial charge is 0.243 e. The highest BCUT2D eigenvalue weighted by molar-refractivity contribution is 7.89. The molecule has 1 atom stereocenters. The summed E-state index contributed by atoms with van der Waals surface area (Å²) in [6.45, 7) is 10.4. The van der Waals surface area contributed by atoms with Crippen molar-refractivity contribution in [1.82, 2.24) is 9.29 Å². The molecule has 0 fully saturated rings. The summed E-state index contributed by atoms with van der Waals surface area (Å²) in [6, 6.07) is 11.5. The Hall–Kier alpha value is -2.31. The first-order valence-electron chi connectivity index (χ1n) is 9.53. The Balaban J connectivity index is 1.95. The number of aromatic nitrogens is 1. The Morgan fingerprint density at radius 2 is 1.75 bits per heavy atom. The zero-order valence-electron chi connectivity index (χ0n) is 17.2. The maximum atomic E-state index is 13.2. The predicted octanol–water partition coefficient (Wildman–Crippen LogP) is 4.15. The molecule has 0 saturated heterocycles. The maximum absolute atomic E-state index is 13.2. The topological polar surface area (TPSA) is 77.1 Å². The summed E-state index contributed by atoms with van der Waals surface area (Å²) in [5, 5.41) is 1.19. The van der Waals surface area contributed by atoms with Crippen LogP contribution in [0.4, 0.5) is 5.69 Å². The predicted molar refractivity (Wildman–Crippen MR) is 116 cm³/mol. The van der Waals surface area contributed by atoms with Gasteiger partial charge in [0.05, 0.1) is 5.69 Å². The second kappa shape index (κ2) is 7.60. The van der Waals surface area contributed by atoms with Crippen molar-refractivity contribution in [2.24, 2.45) is 5.92 Å². The lowest BCUT2D eigenvalue weighted by Gasteiger charge is -2.24. The van der Waals surface area contributed by atoms with Gasteiger partial charge in [-0.15, -0.1) is 0 Å². The molecule has 0 aliphatic heterocycles. The van der Waals surface area contributed by atoms with Crippen LogP contribution < -0.4 is 10.5 Å². The van der Waals surface area contributed by atoms with Crippen molar-refractivity contribution in [1.29, 1.82) is 0 Å². The normalized spacial score (nSPS) is 13.4. The molecule has 0 aliphatic carbocycles. The van der Waals surface area contributed by atoms with Crippen LogP contribution in [0.3, 0.4) is 0 Å². The lowest BCUT2D eigenvalue weighted by atomic mass is 10.1. The number of nitrogen functional groups attached to an aromatic ring is 1. The molecule has 0 amide bonds. The molecule has 0 spiro atoms. The number of para-hydroxylation sites is 1.